The topological polar surface area (TPSA) is 45.0 Å². The summed E-state index contributed by atoms with van der Waals surface area (Å²) in [5.41, 5.74) is 2.08. The summed E-state index contributed by atoms with van der Waals surface area (Å²) in [7, 11) is 0. The second-order valence-electron chi connectivity index (χ2n) is 5.84. The van der Waals surface area contributed by atoms with Gasteiger partial charge in [0, 0.05) is 0 Å². The quantitative estimate of drug-likeness (QED) is 0.575. The Bertz CT molecular complexity index is 759. The van der Waals surface area contributed by atoms with E-state index in [1.807, 2.05) is 60.7 Å². The summed E-state index contributed by atoms with van der Waals surface area (Å²) in [6.07, 6.45) is 3.55. The van der Waals surface area contributed by atoms with Crippen molar-refractivity contribution in [2.75, 3.05) is 0 Å². The molecule has 1 aliphatic rings. The molecular formula is C20H21N3OS. The Balaban J connectivity index is 1.79. The Labute approximate surface area is 152 Å². The number of nitrogens with zero attached hydrogens (tertiary/aromatic N) is 3. The van der Waals surface area contributed by atoms with E-state index in [0.29, 0.717) is 11.7 Å². The van der Waals surface area contributed by atoms with Gasteiger partial charge in [0.1, 0.15) is 0 Å². The largest absolute Gasteiger partial charge is 0.284 e. The zero-order valence-corrected chi connectivity index (χ0v) is 15.0. The molecule has 25 heavy (non-hydrogen) atoms. The van der Waals surface area contributed by atoms with Gasteiger partial charge in [0.05, 0.1) is 18.0 Å². The van der Waals surface area contributed by atoms with Gasteiger partial charge in [-0.1, -0.05) is 85.8 Å². The van der Waals surface area contributed by atoms with Crippen molar-refractivity contribution in [3.63, 3.8) is 0 Å². The van der Waals surface area contributed by atoms with Crippen molar-refractivity contribution >= 4 is 29.1 Å². The third-order valence-electron chi connectivity index (χ3n) is 3.90. The van der Waals surface area contributed by atoms with Crippen molar-refractivity contribution in [2.24, 2.45) is 10.2 Å². The molecule has 1 amide bonds. The molecule has 0 bridgehead atoms. The first-order valence-corrected chi connectivity index (χ1v) is 9.34. The lowest BCUT2D eigenvalue weighted by Crippen LogP contribution is -2.31. The summed E-state index contributed by atoms with van der Waals surface area (Å²) >= 11 is 1.52. The highest BCUT2D eigenvalue weighted by molar-refractivity contribution is 8.15. The number of carbonyl (C=O) groups excluding carboxylic acids is 1. The first-order valence-electron chi connectivity index (χ1n) is 8.46. The second-order valence-corrected chi connectivity index (χ2v) is 7.01. The van der Waals surface area contributed by atoms with Crippen LogP contribution in [0.2, 0.25) is 0 Å². The van der Waals surface area contributed by atoms with Gasteiger partial charge in [-0.3, -0.25) is 9.69 Å². The number of amides is 1. The fraction of sp³-hybridized carbons (Fsp3) is 0.250. The maximum atomic E-state index is 12.7. The minimum Gasteiger partial charge on any atom is -0.284 e. The van der Waals surface area contributed by atoms with Crippen LogP contribution in [0.3, 0.4) is 0 Å². The maximum absolute atomic E-state index is 12.7. The SMILES string of the molecule is CCCC1S/C(=N/N=C/c2ccccc2)N(Cc2ccccc2)C1=O. The van der Waals surface area contributed by atoms with E-state index in [1.54, 1.807) is 11.1 Å². The fourth-order valence-electron chi connectivity index (χ4n) is 2.63. The number of rotatable bonds is 6. The van der Waals surface area contributed by atoms with Gasteiger partial charge in [0.25, 0.3) is 0 Å². The average Bonchev–Trinajstić information content (AvgIpc) is 2.93. The van der Waals surface area contributed by atoms with Crippen LogP contribution < -0.4 is 0 Å². The van der Waals surface area contributed by atoms with Gasteiger partial charge in [-0.2, -0.15) is 5.10 Å². The molecule has 1 aliphatic heterocycles. The number of amidine groups is 1. The summed E-state index contributed by atoms with van der Waals surface area (Å²) in [5.74, 6) is 0.129. The van der Waals surface area contributed by atoms with E-state index >= 15 is 0 Å². The van der Waals surface area contributed by atoms with Crippen molar-refractivity contribution in [3.05, 3.63) is 71.8 Å². The number of benzene rings is 2. The van der Waals surface area contributed by atoms with Crippen LogP contribution in [-0.4, -0.2) is 27.4 Å². The van der Waals surface area contributed by atoms with Crippen molar-refractivity contribution in [1.82, 2.24) is 4.90 Å². The Hall–Kier alpha value is -2.40. The summed E-state index contributed by atoms with van der Waals surface area (Å²) < 4.78 is 0. The van der Waals surface area contributed by atoms with Gasteiger partial charge in [0.15, 0.2) is 5.17 Å². The highest BCUT2D eigenvalue weighted by atomic mass is 32.2. The average molecular weight is 351 g/mol. The molecule has 0 spiro atoms. The molecule has 2 aromatic rings. The molecule has 128 valence electrons. The minimum atomic E-state index is -0.0561. The molecule has 1 fully saturated rings. The molecule has 1 unspecified atom stereocenters. The Kier molecular flexibility index (Phi) is 6.01. The molecule has 3 rings (SSSR count). The summed E-state index contributed by atoms with van der Waals surface area (Å²) in [6, 6.07) is 19.8. The Morgan fingerprint density at radius 2 is 1.76 bits per heavy atom. The molecular weight excluding hydrogens is 330 g/mol. The Morgan fingerprint density at radius 3 is 2.44 bits per heavy atom. The predicted molar refractivity (Wildman–Crippen MR) is 105 cm³/mol. The van der Waals surface area contributed by atoms with Crippen LogP contribution in [-0.2, 0) is 11.3 Å². The van der Waals surface area contributed by atoms with Gasteiger partial charge in [-0.25, -0.2) is 0 Å². The maximum Gasteiger partial charge on any atom is 0.242 e. The first-order chi connectivity index (χ1) is 12.3. The van der Waals surface area contributed by atoms with E-state index in [0.717, 1.165) is 24.0 Å². The second kappa shape index (κ2) is 8.62. The van der Waals surface area contributed by atoms with Crippen molar-refractivity contribution in [1.29, 1.82) is 0 Å². The normalized spacial score (nSPS) is 19.2. The van der Waals surface area contributed by atoms with Gasteiger partial charge >= 0.3 is 0 Å². The van der Waals surface area contributed by atoms with E-state index < -0.39 is 0 Å². The lowest BCUT2D eigenvalue weighted by Gasteiger charge is -2.15. The van der Waals surface area contributed by atoms with Crippen molar-refractivity contribution < 1.29 is 4.79 Å². The van der Waals surface area contributed by atoms with Crippen LogP contribution in [0.4, 0.5) is 0 Å². The highest BCUT2D eigenvalue weighted by Crippen LogP contribution is 2.31. The number of thioether (sulfide) groups is 1. The lowest BCUT2D eigenvalue weighted by atomic mass is 10.2. The van der Waals surface area contributed by atoms with Gasteiger partial charge < -0.3 is 0 Å². The van der Waals surface area contributed by atoms with Crippen LogP contribution >= 0.6 is 11.8 Å². The lowest BCUT2D eigenvalue weighted by molar-refractivity contribution is -0.126. The third kappa shape index (κ3) is 4.57. The van der Waals surface area contributed by atoms with Crippen molar-refractivity contribution in [2.45, 2.75) is 31.6 Å². The first kappa shape index (κ1) is 17.4. The van der Waals surface area contributed by atoms with Crippen LogP contribution in [0.5, 0.6) is 0 Å². The fourth-order valence-corrected chi connectivity index (χ4v) is 3.84. The van der Waals surface area contributed by atoms with Crippen molar-refractivity contribution in [3.8, 4) is 0 Å². The molecule has 0 aliphatic carbocycles. The predicted octanol–water partition coefficient (Wildman–Crippen LogP) is 4.32. The molecule has 5 heteroatoms. The van der Waals surface area contributed by atoms with E-state index in [4.69, 9.17) is 0 Å². The standard InChI is InChI=1S/C20H21N3OS/c1-2-9-18-19(24)23(15-17-12-7-4-8-13-17)20(25-18)22-21-14-16-10-5-3-6-11-16/h3-8,10-14,18H,2,9,15H2,1H3/b21-14+,22-20+. The van der Waals surface area contributed by atoms with E-state index in [1.165, 1.54) is 11.8 Å². The van der Waals surface area contributed by atoms with Crippen LogP contribution in [0.1, 0.15) is 30.9 Å². The molecule has 4 nitrogen and oxygen atoms in total. The zero-order valence-electron chi connectivity index (χ0n) is 14.2. The van der Waals surface area contributed by atoms with Gasteiger partial charge in [0.2, 0.25) is 5.91 Å². The monoisotopic (exact) mass is 351 g/mol. The molecule has 0 N–H and O–H groups in total. The van der Waals surface area contributed by atoms with Crippen LogP contribution in [0.15, 0.2) is 70.9 Å². The number of carbonyl (C=O) groups is 1. The van der Waals surface area contributed by atoms with E-state index in [2.05, 4.69) is 17.1 Å². The summed E-state index contributed by atoms with van der Waals surface area (Å²) in [4.78, 5) is 14.5. The van der Waals surface area contributed by atoms with Crippen LogP contribution in [0.25, 0.3) is 0 Å². The Morgan fingerprint density at radius 1 is 1.08 bits per heavy atom. The molecule has 1 heterocycles. The summed E-state index contributed by atoms with van der Waals surface area (Å²) in [6.45, 7) is 2.63. The number of hydrogen-bond donors (Lipinski definition) is 0. The van der Waals surface area contributed by atoms with Crippen LogP contribution in [0, 0.1) is 0 Å². The molecule has 1 saturated heterocycles. The molecule has 0 radical (unpaired) electrons. The highest BCUT2D eigenvalue weighted by Gasteiger charge is 2.37. The molecule has 1 atom stereocenters. The molecule has 0 aromatic heterocycles. The molecule has 0 saturated carbocycles. The summed E-state index contributed by atoms with van der Waals surface area (Å²) in [5, 5.41) is 9.15. The smallest absolute Gasteiger partial charge is 0.242 e. The minimum absolute atomic E-state index is 0.0561. The van der Waals surface area contributed by atoms with Gasteiger partial charge in [-0.05, 0) is 17.5 Å². The van der Waals surface area contributed by atoms with E-state index in [9.17, 15) is 4.79 Å². The third-order valence-corrected chi connectivity index (χ3v) is 5.14. The van der Waals surface area contributed by atoms with E-state index in [-0.39, 0.29) is 11.2 Å². The number of hydrogen-bond acceptors (Lipinski definition) is 4. The van der Waals surface area contributed by atoms with Gasteiger partial charge in [-0.15, -0.1) is 5.10 Å². The molecule has 2 aromatic carbocycles. The zero-order chi connectivity index (χ0) is 17.5.